The Balaban J connectivity index is 2.01. The molecule has 2 aromatic rings. The third-order valence-electron chi connectivity index (χ3n) is 4.01. The monoisotopic (exact) mass is 303 g/mol. The van der Waals surface area contributed by atoms with Crippen LogP contribution in [-0.4, -0.2) is 26.2 Å². The number of methoxy groups -OCH3 is 2. The van der Waals surface area contributed by atoms with Gasteiger partial charge in [0.2, 0.25) is 0 Å². The van der Waals surface area contributed by atoms with Gasteiger partial charge in [0.15, 0.2) is 6.10 Å². The van der Waals surface area contributed by atoms with E-state index in [9.17, 15) is 4.79 Å². The maximum atomic E-state index is 12.4. The van der Waals surface area contributed by atoms with E-state index in [1.807, 2.05) is 48.7 Å². The average Bonchev–Trinajstić information content (AvgIpc) is 3.03. The standard InChI is InChI=1S/C16H17NO3S/c1-16(13-5-4-10-21-13)14(20-3)15(18)17(16)11-6-8-12(19-2)9-7-11/h4-10,14H,1-3H3. The lowest BCUT2D eigenvalue weighted by Crippen LogP contribution is -2.71. The molecule has 0 aliphatic carbocycles. The Labute approximate surface area is 127 Å². The molecule has 2 atom stereocenters. The maximum Gasteiger partial charge on any atom is 0.259 e. The van der Waals surface area contributed by atoms with Crippen molar-refractivity contribution in [3.8, 4) is 5.75 Å². The van der Waals surface area contributed by atoms with E-state index in [1.54, 1.807) is 30.5 Å². The molecule has 0 bridgehead atoms. The Morgan fingerprint density at radius 2 is 1.90 bits per heavy atom. The summed E-state index contributed by atoms with van der Waals surface area (Å²) < 4.78 is 10.6. The van der Waals surface area contributed by atoms with Crippen molar-refractivity contribution < 1.29 is 14.3 Å². The summed E-state index contributed by atoms with van der Waals surface area (Å²) >= 11 is 1.63. The number of thiophene rings is 1. The fourth-order valence-corrected chi connectivity index (χ4v) is 3.80. The highest BCUT2D eigenvalue weighted by molar-refractivity contribution is 7.10. The first-order valence-corrected chi connectivity index (χ1v) is 7.55. The lowest BCUT2D eigenvalue weighted by molar-refractivity contribution is -0.146. The van der Waals surface area contributed by atoms with Crippen molar-refractivity contribution in [2.24, 2.45) is 0 Å². The zero-order valence-electron chi connectivity index (χ0n) is 12.2. The number of ether oxygens (including phenoxy) is 2. The minimum Gasteiger partial charge on any atom is -0.497 e. The molecule has 1 aliphatic heterocycles. The van der Waals surface area contributed by atoms with Crippen LogP contribution in [0.2, 0.25) is 0 Å². The fraction of sp³-hybridized carbons (Fsp3) is 0.312. The number of carbonyl (C=O) groups is 1. The molecule has 5 heteroatoms. The van der Waals surface area contributed by atoms with Crippen molar-refractivity contribution in [3.05, 3.63) is 46.7 Å². The van der Waals surface area contributed by atoms with Gasteiger partial charge >= 0.3 is 0 Å². The molecule has 1 aromatic carbocycles. The molecule has 1 fully saturated rings. The van der Waals surface area contributed by atoms with Gasteiger partial charge in [0.1, 0.15) is 11.3 Å². The predicted octanol–water partition coefficient (Wildman–Crippen LogP) is 3.03. The Hall–Kier alpha value is -1.85. The van der Waals surface area contributed by atoms with Gasteiger partial charge in [-0.15, -0.1) is 11.3 Å². The molecule has 2 heterocycles. The molecule has 1 saturated heterocycles. The second kappa shape index (κ2) is 5.16. The zero-order chi connectivity index (χ0) is 15.0. The highest BCUT2D eigenvalue weighted by Crippen LogP contribution is 2.47. The smallest absolute Gasteiger partial charge is 0.259 e. The zero-order valence-corrected chi connectivity index (χ0v) is 13.0. The molecule has 1 amide bonds. The topological polar surface area (TPSA) is 38.8 Å². The van der Waals surface area contributed by atoms with Gasteiger partial charge in [-0.3, -0.25) is 9.69 Å². The molecule has 0 radical (unpaired) electrons. The first kappa shape index (κ1) is 14.1. The van der Waals surface area contributed by atoms with Crippen LogP contribution in [0.25, 0.3) is 0 Å². The van der Waals surface area contributed by atoms with Gasteiger partial charge in [-0.2, -0.15) is 0 Å². The van der Waals surface area contributed by atoms with E-state index < -0.39 is 11.6 Å². The number of β-lactam (4-membered cyclic amide) rings is 1. The van der Waals surface area contributed by atoms with Crippen molar-refractivity contribution in [1.82, 2.24) is 0 Å². The van der Waals surface area contributed by atoms with Gasteiger partial charge in [-0.1, -0.05) is 6.07 Å². The summed E-state index contributed by atoms with van der Waals surface area (Å²) in [7, 11) is 3.21. The van der Waals surface area contributed by atoms with E-state index in [-0.39, 0.29) is 5.91 Å². The Morgan fingerprint density at radius 3 is 2.43 bits per heavy atom. The second-order valence-electron chi connectivity index (χ2n) is 5.11. The minimum absolute atomic E-state index is 0.0152. The van der Waals surface area contributed by atoms with Gasteiger partial charge in [0.05, 0.1) is 7.11 Å². The Kier molecular flexibility index (Phi) is 3.47. The van der Waals surface area contributed by atoms with Crippen LogP contribution in [0.15, 0.2) is 41.8 Å². The number of hydrogen-bond acceptors (Lipinski definition) is 4. The van der Waals surface area contributed by atoms with Crippen LogP contribution < -0.4 is 9.64 Å². The lowest BCUT2D eigenvalue weighted by Gasteiger charge is -2.54. The van der Waals surface area contributed by atoms with E-state index in [1.165, 1.54) is 0 Å². The van der Waals surface area contributed by atoms with Gasteiger partial charge in [-0.05, 0) is 42.6 Å². The summed E-state index contributed by atoms with van der Waals surface area (Å²) in [5.41, 5.74) is 0.388. The molecule has 0 N–H and O–H groups in total. The van der Waals surface area contributed by atoms with Crippen LogP contribution in [0, 0.1) is 0 Å². The highest BCUT2D eigenvalue weighted by atomic mass is 32.1. The number of nitrogens with zero attached hydrogens (tertiary/aromatic N) is 1. The van der Waals surface area contributed by atoms with Crippen LogP contribution in [-0.2, 0) is 15.1 Å². The molecular weight excluding hydrogens is 286 g/mol. The van der Waals surface area contributed by atoms with Crippen molar-refractivity contribution in [2.45, 2.75) is 18.6 Å². The maximum absolute atomic E-state index is 12.4. The first-order chi connectivity index (χ1) is 10.1. The summed E-state index contributed by atoms with van der Waals surface area (Å²) in [6.45, 7) is 2.04. The third kappa shape index (κ3) is 1.96. The minimum atomic E-state index is -0.464. The number of amides is 1. The van der Waals surface area contributed by atoms with Crippen molar-refractivity contribution in [1.29, 1.82) is 0 Å². The van der Waals surface area contributed by atoms with Gasteiger partial charge in [-0.25, -0.2) is 0 Å². The van der Waals surface area contributed by atoms with E-state index in [2.05, 4.69) is 0 Å². The largest absolute Gasteiger partial charge is 0.497 e. The number of anilines is 1. The molecular formula is C16H17NO3S. The van der Waals surface area contributed by atoms with E-state index in [4.69, 9.17) is 9.47 Å². The summed E-state index contributed by atoms with van der Waals surface area (Å²) in [4.78, 5) is 15.3. The van der Waals surface area contributed by atoms with E-state index >= 15 is 0 Å². The van der Waals surface area contributed by atoms with Gasteiger partial charge in [0.25, 0.3) is 5.91 Å². The highest BCUT2D eigenvalue weighted by Gasteiger charge is 2.59. The number of benzene rings is 1. The molecule has 21 heavy (non-hydrogen) atoms. The predicted molar refractivity (Wildman–Crippen MR) is 82.9 cm³/mol. The second-order valence-corrected chi connectivity index (χ2v) is 6.06. The van der Waals surface area contributed by atoms with Gasteiger partial charge < -0.3 is 9.47 Å². The number of rotatable bonds is 4. The first-order valence-electron chi connectivity index (χ1n) is 6.68. The molecule has 1 aromatic heterocycles. The Bertz CT molecular complexity index is 638. The quantitative estimate of drug-likeness (QED) is 0.815. The van der Waals surface area contributed by atoms with E-state index in [0.717, 1.165) is 16.3 Å². The third-order valence-corrected chi connectivity index (χ3v) is 5.10. The number of hydrogen-bond donors (Lipinski definition) is 0. The van der Waals surface area contributed by atoms with Crippen LogP contribution in [0.3, 0.4) is 0 Å². The van der Waals surface area contributed by atoms with Crippen molar-refractivity contribution in [2.75, 3.05) is 19.1 Å². The van der Waals surface area contributed by atoms with Crippen molar-refractivity contribution in [3.63, 3.8) is 0 Å². The molecule has 2 unspecified atom stereocenters. The molecule has 0 spiro atoms. The van der Waals surface area contributed by atoms with Crippen molar-refractivity contribution >= 4 is 22.9 Å². The summed E-state index contributed by atoms with van der Waals surface area (Å²) in [6.07, 6.45) is -0.446. The van der Waals surface area contributed by atoms with Crippen LogP contribution >= 0.6 is 11.3 Å². The molecule has 3 rings (SSSR count). The molecule has 4 nitrogen and oxygen atoms in total. The SMILES string of the molecule is COc1ccc(N2C(=O)C(OC)C2(C)c2cccs2)cc1. The normalized spacial score (nSPS) is 24.8. The molecule has 110 valence electrons. The average molecular weight is 303 g/mol. The van der Waals surface area contributed by atoms with Crippen LogP contribution in [0.4, 0.5) is 5.69 Å². The molecule has 1 aliphatic rings. The Morgan fingerprint density at radius 1 is 1.19 bits per heavy atom. The van der Waals surface area contributed by atoms with E-state index in [0.29, 0.717) is 0 Å². The molecule has 0 saturated carbocycles. The summed E-state index contributed by atoms with van der Waals surface area (Å²) in [6, 6.07) is 11.5. The van der Waals surface area contributed by atoms with Crippen LogP contribution in [0.5, 0.6) is 5.75 Å². The fourth-order valence-electron chi connectivity index (χ4n) is 2.90. The summed E-state index contributed by atoms with van der Waals surface area (Å²) in [5.74, 6) is 0.756. The van der Waals surface area contributed by atoms with Gasteiger partial charge in [0, 0.05) is 17.7 Å². The lowest BCUT2D eigenvalue weighted by atomic mass is 9.80. The number of carbonyl (C=O) groups excluding carboxylic acids is 1. The summed E-state index contributed by atoms with van der Waals surface area (Å²) in [5, 5.41) is 2.02. The van der Waals surface area contributed by atoms with Crippen LogP contribution in [0.1, 0.15) is 11.8 Å².